The van der Waals surface area contributed by atoms with Crippen molar-refractivity contribution < 1.29 is 31.7 Å². The molecular formula is C29H30F2N2O5S. The van der Waals surface area contributed by atoms with Crippen LogP contribution >= 0.6 is 0 Å². The molecule has 0 saturated heterocycles. The molecule has 0 unspecified atom stereocenters. The van der Waals surface area contributed by atoms with Gasteiger partial charge in [-0.15, -0.1) is 0 Å². The van der Waals surface area contributed by atoms with Gasteiger partial charge < -0.3 is 13.9 Å². The molecule has 0 aliphatic carbocycles. The molecule has 39 heavy (non-hydrogen) atoms. The molecule has 1 N–H and O–H groups in total. The minimum absolute atomic E-state index is 0.0236. The maximum atomic E-state index is 15.6. The predicted octanol–water partition coefficient (Wildman–Crippen LogP) is 6.01. The SMILES string of the molecule is CCOC(=O)Cc1cccc(F)c1OCc1cc(-c2ccnc(CN[S@@](=O)C(C)(C)C)c2F)c2occc2c1. The Labute approximate surface area is 228 Å². The number of halogens is 2. The van der Waals surface area contributed by atoms with E-state index in [9.17, 15) is 13.4 Å². The maximum Gasteiger partial charge on any atom is 0.310 e. The molecule has 0 saturated carbocycles. The van der Waals surface area contributed by atoms with E-state index in [0.717, 1.165) is 0 Å². The van der Waals surface area contributed by atoms with Gasteiger partial charge in [0, 0.05) is 28.3 Å². The van der Waals surface area contributed by atoms with E-state index in [4.69, 9.17) is 13.9 Å². The molecule has 0 amide bonds. The Morgan fingerprint density at radius 1 is 1.13 bits per heavy atom. The fourth-order valence-electron chi connectivity index (χ4n) is 3.97. The number of nitrogens with zero attached hydrogens (tertiary/aromatic N) is 1. The first kappa shape index (κ1) is 28.4. The topological polar surface area (TPSA) is 90.7 Å². The number of hydrogen-bond acceptors (Lipinski definition) is 6. The van der Waals surface area contributed by atoms with Crippen molar-refractivity contribution in [2.75, 3.05) is 6.61 Å². The Balaban J connectivity index is 1.63. The van der Waals surface area contributed by atoms with Gasteiger partial charge in [-0.05, 0) is 63.6 Å². The highest BCUT2D eigenvalue weighted by Crippen LogP contribution is 2.34. The zero-order valence-corrected chi connectivity index (χ0v) is 23.0. The summed E-state index contributed by atoms with van der Waals surface area (Å²) < 4.78 is 61.5. The molecular weight excluding hydrogens is 526 g/mol. The second kappa shape index (κ2) is 12.0. The zero-order chi connectivity index (χ0) is 28.2. The van der Waals surface area contributed by atoms with Crippen LogP contribution in [0.25, 0.3) is 22.1 Å². The smallest absolute Gasteiger partial charge is 0.310 e. The number of nitrogens with one attached hydrogen (secondary N) is 1. The molecule has 10 heteroatoms. The molecule has 0 fully saturated rings. The van der Waals surface area contributed by atoms with Crippen LogP contribution in [-0.2, 0) is 40.1 Å². The molecule has 7 nitrogen and oxygen atoms in total. The van der Waals surface area contributed by atoms with Crippen LogP contribution in [0.2, 0.25) is 0 Å². The lowest BCUT2D eigenvalue weighted by atomic mass is 10.00. The number of fused-ring (bicyclic) bond motifs is 1. The van der Waals surface area contributed by atoms with E-state index < -0.39 is 33.3 Å². The fourth-order valence-corrected chi connectivity index (χ4v) is 4.67. The van der Waals surface area contributed by atoms with Gasteiger partial charge in [0.15, 0.2) is 17.4 Å². The molecule has 0 spiro atoms. The van der Waals surface area contributed by atoms with Crippen LogP contribution in [0.4, 0.5) is 8.78 Å². The van der Waals surface area contributed by atoms with Crippen LogP contribution in [-0.4, -0.2) is 26.5 Å². The van der Waals surface area contributed by atoms with Crippen LogP contribution < -0.4 is 9.46 Å². The summed E-state index contributed by atoms with van der Waals surface area (Å²) in [6.07, 6.45) is 2.85. The van der Waals surface area contributed by atoms with Crippen molar-refractivity contribution in [3.8, 4) is 16.9 Å². The number of carbonyl (C=O) groups is 1. The van der Waals surface area contributed by atoms with Gasteiger partial charge in [0.1, 0.15) is 12.2 Å². The summed E-state index contributed by atoms with van der Waals surface area (Å²) in [6, 6.07) is 11.2. The Hall–Kier alpha value is -3.63. The average Bonchev–Trinajstić information content (AvgIpc) is 3.35. The standard InChI is InChI=1S/C29H30F2N2O5S/c1-5-36-25(34)15-19-7-6-8-23(30)28(19)38-17-18-13-20-10-12-37-27(20)22(14-18)21-9-11-32-24(26(21)31)16-33-39(35)29(2,3)4/h6-14,33H,5,15-17H2,1-4H3/t39-/m0/s1. The summed E-state index contributed by atoms with van der Waals surface area (Å²) >= 11 is 0. The van der Waals surface area contributed by atoms with Gasteiger partial charge >= 0.3 is 5.97 Å². The number of rotatable bonds is 10. The number of para-hydroxylation sites is 1. The summed E-state index contributed by atoms with van der Waals surface area (Å²) in [5, 5.41) is 0.705. The molecule has 4 rings (SSSR count). The van der Waals surface area contributed by atoms with Crippen molar-refractivity contribution in [3.63, 3.8) is 0 Å². The lowest BCUT2D eigenvalue weighted by Crippen LogP contribution is -2.33. The monoisotopic (exact) mass is 556 g/mol. The number of furan rings is 1. The Kier molecular flexibility index (Phi) is 8.76. The van der Waals surface area contributed by atoms with Crippen molar-refractivity contribution in [2.45, 2.75) is 52.0 Å². The van der Waals surface area contributed by atoms with Gasteiger partial charge in [-0.3, -0.25) is 9.78 Å². The third-order valence-corrected chi connectivity index (χ3v) is 7.38. The van der Waals surface area contributed by atoms with Crippen LogP contribution in [0.15, 0.2) is 59.3 Å². The fraction of sp³-hybridized carbons (Fsp3) is 0.310. The van der Waals surface area contributed by atoms with E-state index in [1.165, 1.54) is 30.7 Å². The first-order chi connectivity index (χ1) is 18.6. The molecule has 2 aromatic carbocycles. The number of ether oxygens (including phenoxy) is 2. The number of aromatic nitrogens is 1. The van der Waals surface area contributed by atoms with E-state index in [1.807, 2.05) is 26.8 Å². The highest BCUT2D eigenvalue weighted by atomic mass is 32.2. The lowest BCUT2D eigenvalue weighted by Gasteiger charge is -2.18. The van der Waals surface area contributed by atoms with E-state index in [-0.39, 0.29) is 43.2 Å². The number of pyridine rings is 1. The first-order valence-corrected chi connectivity index (χ1v) is 13.6. The highest BCUT2D eigenvalue weighted by Gasteiger charge is 2.22. The zero-order valence-electron chi connectivity index (χ0n) is 22.2. The summed E-state index contributed by atoms with van der Waals surface area (Å²) in [4.78, 5) is 16.1. The normalized spacial score (nSPS) is 12.5. The minimum Gasteiger partial charge on any atom is -0.486 e. The molecule has 0 bridgehead atoms. The molecule has 1 atom stereocenters. The third-order valence-electron chi connectivity index (χ3n) is 5.86. The Bertz CT molecular complexity index is 1510. The lowest BCUT2D eigenvalue weighted by molar-refractivity contribution is -0.142. The molecule has 4 aromatic rings. The highest BCUT2D eigenvalue weighted by molar-refractivity contribution is 7.84. The van der Waals surface area contributed by atoms with Gasteiger partial charge in [0.2, 0.25) is 0 Å². The summed E-state index contributed by atoms with van der Waals surface area (Å²) in [7, 11) is -1.40. The molecule has 0 aliphatic rings. The second-order valence-corrected chi connectivity index (χ2v) is 11.9. The number of carbonyl (C=O) groups excluding carboxylic acids is 1. The number of esters is 1. The first-order valence-electron chi connectivity index (χ1n) is 12.4. The quantitative estimate of drug-likeness (QED) is 0.241. The largest absolute Gasteiger partial charge is 0.486 e. The molecule has 0 aliphatic heterocycles. The summed E-state index contributed by atoms with van der Waals surface area (Å²) in [5.74, 6) is -1.71. The van der Waals surface area contributed by atoms with Crippen molar-refractivity contribution in [3.05, 3.63) is 83.4 Å². The van der Waals surface area contributed by atoms with E-state index in [0.29, 0.717) is 27.7 Å². The van der Waals surface area contributed by atoms with Gasteiger partial charge in [0.05, 0.1) is 47.3 Å². The van der Waals surface area contributed by atoms with Gasteiger partial charge in [-0.1, -0.05) is 12.1 Å². The average molecular weight is 557 g/mol. The number of hydrogen-bond donors (Lipinski definition) is 1. The van der Waals surface area contributed by atoms with Crippen molar-refractivity contribution >= 4 is 27.9 Å². The predicted molar refractivity (Wildman–Crippen MR) is 145 cm³/mol. The van der Waals surface area contributed by atoms with Gasteiger partial charge in [-0.25, -0.2) is 17.7 Å². The van der Waals surface area contributed by atoms with Crippen LogP contribution in [0.3, 0.4) is 0 Å². The summed E-state index contributed by atoms with van der Waals surface area (Å²) in [5.41, 5.74) is 2.29. The second-order valence-electron chi connectivity index (χ2n) is 9.80. The van der Waals surface area contributed by atoms with E-state index >= 15 is 4.39 Å². The van der Waals surface area contributed by atoms with Crippen molar-refractivity contribution in [1.29, 1.82) is 0 Å². The number of benzene rings is 2. The Morgan fingerprint density at radius 3 is 2.67 bits per heavy atom. The van der Waals surface area contributed by atoms with Crippen molar-refractivity contribution in [2.24, 2.45) is 0 Å². The molecule has 206 valence electrons. The molecule has 2 aromatic heterocycles. The van der Waals surface area contributed by atoms with Gasteiger partial charge in [-0.2, -0.15) is 0 Å². The minimum atomic E-state index is -1.40. The summed E-state index contributed by atoms with van der Waals surface area (Å²) in [6.45, 7) is 7.30. The van der Waals surface area contributed by atoms with E-state index in [1.54, 1.807) is 25.1 Å². The van der Waals surface area contributed by atoms with E-state index in [2.05, 4.69) is 9.71 Å². The third kappa shape index (κ3) is 6.69. The van der Waals surface area contributed by atoms with Crippen LogP contribution in [0, 0.1) is 11.6 Å². The Morgan fingerprint density at radius 2 is 1.92 bits per heavy atom. The maximum absolute atomic E-state index is 15.6. The molecule has 2 heterocycles. The molecule has 0 radical (unpaired) electrons. The van der Waals surface area contributed by atoms with Crippen LogP contribution in [0.5, 0.6) is 5.75 Å². The van der Waals surface area contributed by atoms with Gasteiger partial charge in [0.25, 0.3) is 0 Å². The van der Waals surface area contributed by atoms with Crippen LogP contribution in [0.1, 0.15) is 44.5 Å². The van der Waals surface area contributed by atoms with Crippen molar-refractivity contribution in [1.82, 2.24) is 9.71 Å².